The lowest BCUT2D eigenvalue weighted by atomic mass is 10.1. The van der Waals surface area contributed by atoms with Gasteiger partial charge in [0.1, 0.15) is 5.60 Å². The molecule has 0 radical (unpaired) electrons. The van der Waals surface area contributed by atoms with Crippen LogP contribution in [0.15, 0.2) is 48.5 Å². The number of hydrogen-bond donors (Lipinski definition) is 3. The van der Waals surface area contributed by atoms with Crippen LogP contribution in [0, 0.1) is 6.92 Å². The highest BCUT2D eigenvalue weighted by molar-refractivity contribution is 5.91. The molecule has 0 spiro atoms. The minimum Gasteiger partial charge on any atom is -0.444 e. The summed E-state index contributed by atoms with van der Waals surface area (Å²) in [5, 5.41) is 8.25. The van der Waals surface area contributed by atoms with Crippen molar-refractivity contribution in [1.29, 1.82) is 0 Å². The Labute approximate surface area is 189 Å². The maximum Gasteiger partial charge on any atom is 0.407 e. The molecule has 2 aromatic carbocycles. The zero-order valence-corrected chi connectivity index (χ0v) is 19.3. The quantitative estimate of drug-likeness (QED) is 0.548. The monoisotopic (exact) mass is 439 g/mol. The molecular formula is C25H33N3O4. The molecule has 32 heavy (non-hydrogen) atoms. The van der Waals surface area contributed by atoms with Gasteiger partial charge in [0.25, 0.3) is 0 Å². The van der Waals surface area contributed by atoms with Gasteiger partial charge in [-0.25, -0.2) is 4.79 Å². The van der Waals surface area contributed by atoms with E-state index in [0.717, 1.165) is 11.1 Å². The standard InChI is InChI=1S/C25H33N3O4/c1-18-5-7-19(8-6-18)11-14-22(29)27-17-20-9-12-21(13-10-20)28-23(30)15-16-26-24(31)32-25(2,3)4/h5-10,12-13H,11,14-17H2,1-4H3,(H,26,31)(H,27,29)(H,28,30). The van der Waals surface area contributed by atoms with E-state index in [2.05, 4.69) is 16.0 Å². The summed E-state index contributed by atoms with van der Waals surface area (Å²) in [6.07, 6.45) is 0.738. The molecule has 172 valence electrons. The maximum atomic E-state index is 12.1. The zero-order valence-electron chi connectivity index (χ0n) is 19.3. The van der Waals surface area contributed by atoms with Gasteiger partial charge in [-0.15, -0.1) is 0 Å². The van der Waals surface area contributed by atoms with Crippen LogP contribution in [0.2, 0.25) is 0 Å². The van der Waals surface area contributed by atoms with E-state index >= 15 is 0 Å². The van der Waals surface area contributed by atoms with Gasteiger partial charge >= 0.3 is 6.09 Å². The molecule has 0 saturated carbocycles. The van der Waals surface area contributed by atoms with Crippen LogP contribution in [0.4, 0.5) is 10.5 Å². The number of alkyl carbamates (subject to hydrolysis) is 1. The van der Waals surface area contributed by atoms with Gasteiger partial charge in [0.05, 0.1) is 0 Å². The molecule has 0 heterocycles. The van der Waals surface area contributed by atoms with Crippen molar-refractivity contribution in [2.24, 2.45) is 0 Å². The van der Waals surface area contributed by atoms with E-state index in [9.17, 15) is 14.4 Å². The Hall–Kier alpha value is -3.35. The molecule has 2 aromatic rings. The Balaban J connectivity index is 1.66. The van der Waals surface area contributed by atoms with Crippen LogP contribution in [0.25, 0.3) is 0 Å². The first-order valence-corrected chi connectivity index (χ1v) is 10.8. The fourth-order valence-corrected chi connectivity index (χ4v) is 2.82. The molecule has 0 aromatic heterocycles. The molecule has 0 fully saturated rings. The van der Waals surface area contributed by atoms with Crippen LogP contribution >= 0.6 is 0 Å². The molecule has 0 aliphatic rings. The lowest BCUT2D eigenvalue weighted by Gasteiger charge is -2.19. The Morgan fingerprint density at radius 1 is 0.812 bits per heavy atom. The largest absolute Gasteiger partial charge is 0.444 e. The lowest BCUT2D eigenvalue weighted by molar-refractivity contribution is -0.121. The Bertz CT molecular complexity index is 900. The predicted octanol–water partition coefficient (Wildman–Crippen LogP) is 4.10. The van der Waals surface area contributed by atoms with E-state index < -0.39 is 11.7 Å². The van der Waals surface area contributed by atoms with Gasteiger partial charge in [-0.3, -0.25) is 9.59 Å². The molecule has 0 bridgehead atoms. The number of carbonyl (C=O) groups excluding carboxylic acids is 3. The second-order valence-corrected chi connectivity index (χ2v) is 8.69. The number of carbonyl (C=O) groups is 3. The first kappa shape index (κ1) is 24.9. The van der Waals surface area contributed by atoms with Crippen molar-refractivity contribution >= 4 is 23.6 Å². The summed E-state index contributed by atoms with van der Waals surface area (Å²) in [5.41, 5.74) is 3.37. The fourth-order valence-electron chi connectivity index (χ4n) is 2.82. The Kier molecular flexibility index (Phi) is 9.25. The minimum atomic E-state index is -0.575. The van der Waals surface area contributed by atoms with Gasteiger partial charge in [-0.05, 0) is 57.4 Å². The number of nitrogens with one attached hydrogen (secondary N) is 3. The van der Waals surface area contributed by atoms with Gasteiger partial charge in [-0.1, -0.05) is 42.0 Å². The normalized spacial score (nSPS) is 10.9. The first-order chi connectivity index (χ1) is 15.1. The van der Waals surface area contributed by atoms with Crippen LogP contribution in [0.1, 0.15) is 50.3 Å². The van der Waals surface area contributed by atoms with Gasteiger partial charge in [-0.2, -0.15) is 0 Å². The van der Waals surface area contributed by atoms with Crippen LogP contribution in [-0.4, -0.2) is 30.1 Å². The summed E-state index contributed by atoms with van der Waals surface area (Å²) >= 11 is 0. The number of rotatable bonds is 9. The molecule has 0 unspecified atom stereocenters. The van der Waals surface area contributed by atoms with Gasteiger partial charge in [0, 0.05) is 31.6 Å². The Morgan fingerprint density at radius 3 is 2.06 bits per heavy atom. The highest BCUT2D eigenvalue weighted by atomic mass is 16.6. The zero-order chi connectivity index (χ0) is 23.6. The molecule has 7 nitrogen and oxygen atoms in total. The third-order valence-corrected chi connectivity index (χ3v) is 4.51. The average molecular weight is 440 g/mol. The second-order valence-electron chi connectivity index (χ2n) is 8.69. The van der Waals surface area contributed by atoms with Crippen LogP contribution < -0.4 is 16.0 Å². The molecule has 3 amide bonds. The van der Waals surface area contributed by atoms with Crippen LogP contribution in [-0.2, 0) is 27.3 Å². The van der Waals surface area contributed by atoms with E-state index in [1.54, 1.807) is 32.9 Å². The van der Waals surface area contributed by atoms with Crippen molar-refractivity contribution in [3.63, 3.8) is 0 Å². The number of aryl methyl sites for hydroxylation is 2. The maximum absolute atomic E-state index is 12.1. The van der Waals surface area contributed by atoms with Crippen molar-refractivity contribution in [1.82, 2.24) is 10.6 Å². The minimum absolute atomic E-state index is 0.000409. The van der Waals surface area contributed by atoms with Gasteiger partial charge < -0.3 is 20.7 Å². The van der Waals surface area contributed by atoms with Crippen molar-refractivity contribution in [2.45, 2.75) is 59.1 Å². The molecule has 0 aliphatic carbocycles. The van der Waals surface area contributed by atoms with Crippen LogP contribution in [0.3, 0.4) is 0 Å². The van der Waals surface area contributed by atoms with Crippen molar-refractivity contribution in [3.8, 4) is 0 Å². The Morgan fingerprint density at radius 2 is 1.44 bits per heavy atom. The molecule has 3 N–H and O–H groups in total. The molecule has 0 aliphatic heterocycles. The number of ether oxygens (including phenoxy) is 1. The van der Waals surface area contributed by atoms with E-state index in [1.165, 1.54) is 5.56 Å². The van der Waals surface area contributed by atoms with Crippen molar-refractivity contribution in [2.75, 3.05) is 11.9 Å². The number of hydrogen-bond acceptors (Lipinski definition) is 4. The summed E-state index contributed by atoms with van der Waals surface area (Å²) in [5.74, 6) is -0.210. The first-order valence-electron chi connectivity index (χ1n) is 10.8. The van der Waals surface area contributed by atoms with Gasteiger partial charge in [0.15, 0.2) is 0 Å². The summed E-state index contributed by atoms with van der Waals surface area (Å²) in [4.78, 5) is 35.7. The molecule has 0 saturated heterocycles. The topological polar surface area (TPSA) is 96.5 Å². The molecule has 0 atom stereocenters. The molecule has 2 rings (SSSR count). The van der Waals surface area contributed by atoms with Crippen molar-refractivity contribution in [3.05, 3.63) is 65.2 Å². The summed E-state index contributed by atoms with van der Waals surface area (Å²) in [6, 6.07) is 15.5. The molecular weight excluding hydrogens is 406 g/mol. The smallest absolute Gasteiger partial charge is 0.407 e. The van der Waals surface area contributed by atoms with Gasteiger partial charge in [0.2, 0.25) is 11.8 Å². The summed E-state index contributed by atoms with van der Waals surface area (Å²) in [6.45, 7) is 7.99. The highest BCUT2D eigenvalue weighted by Gasteiger charge is 2.15. The SMILES string of the molecule is Cc1ccc(CCC(=O)NCc2ccc(NC(=O)CCNC(=O)OC(C)(C)C)cc2)cc1. The summed E-state index contributed by atoms with van der Waals surface area (Å²) < 4.78 is 5.12. The lowest BCUT2D eigenvalue weighted by Crippen LogP contribution is -2.34. The van der Waals surface area contributed by atoms with E-state index in [0.29, 0.717) is 25.1 Å². The van der Waals surface area contributed by atoms with Crippen molar-refractivity contribution < 1.29 is 19.1 Å². The fraction of sp³-hybridized carbons (Fsp3) is 0.400. The number of benzene rings is 2. The average Bonchev–Trinajstić information content (AvgIpc) is 2.71. The number of amides is 3. The van der Waals surface area contributed by atoms with E-state index in [-0.39, 0.29) is 24.8 Å². The molecule has 7 heteroatoms. The highest BCUT2D eigenvalue weighted by Crippen LogP contribution is 2.11. The summed E-state index contributed by atoms with van der Waals surface area (Å²) in [7, 11) is 0. The van der Waals surface area contributed by atoms with Crippen LogP contribution in [0.5, 0.6) is 0 Å². The predicted molar refractivity (Wildman–Crippen MR) is 125 cm³/mol. The third-order valence-electron chi connectivity index (χ3n) is 4.51. The van der Waals surface area contributed by atoms with E-state index in [1.807, 2.05) is 43.3 Å². The third kappa shape index (κ3) is 10.1. The number of anilines is 1. The van der Waals surface area contributed by atoms with E-state index in [4.69, 9.17) is 4.74 Å². The second kappa shape index (κ2) is 11.9.